The van der Waals surface area contributed by atoms with E-state index in [1.165, 1.54) is 6.08 Å². The molecule has 1 heterocycles. The maximum Gasteiger partial charge on any atom is 0.240 e. The molecule has 0 saturated heterocycles. The summed E-state index contributed by atoms with van der Waals surface area (Å²) in [7, 11) is 0. The van der Waals surface area contributed by atoms with E-state index in [0.29, 0.717) is 11.6 Å². The van der Waals surface area contributed by atoms with Crippen molar-refractivity contribution in [3.05, 3.63) is 24.0 Å². The molecule has 1 aromatic rings. The lowest BCUT2D eigenvalue weighted by Gasteiger charge is -2.05. The molecular formula is C10H12N2O. The van der Waals surface area contributed by atoms with Crippen molar-refractivity contribution >= 4 is 11.8 Å². The first-order valence-electron chi connectivity index (χ1n) is 4.24. The molecule has 0 atom stereocenters. The van der Waals surface area contributed by atoms with Crippen molar-refractivity contribution in [2.75, 3.05) is 0 Å². The van der Waals surface area contributed by atoms with Crippen molar-refractivity contribution < 1.29 is 4.79 Å². The van der Waals surface area contributed by atoms with E-state index in [-0.39, 0.29) is 0 Å². The molecule has 1 rings (SSSR count). The summed E-state index contributed by atoms with van der Waals surface area (Å²) >= 11 is 0. The maximum absolute atomic E-state index is 10.1. The Morgan fingerprint density at radius 2 is 2.38 bits per heavy atom. The highest BCUT2D eigenvalue weighted by Crippen LogP contribution is 2.19. The standard InChI is InChI=1S/C10H12N2O/c1-8(2)5-9-3-4-11-6-10(9)12-7-13/h3-4,6,8H,5H2,1-2H3. The quantitative estimate of drug-likeness (QED) is 0.523. The smallest absolute Gasteiger partial charge is 0.240 e. The van der Waals surface area contributed by atoms with Crippen LogP contribution in [0.1, 0.15) is 19.4 Å². The SMILES string of the molecule is CC(C)Cc1ccncc1N=C=O. The number of carbonyl (C=O) groups excluding carboxylic acids is 1. The molecule has 0 aliphatic carbocycles. The van der Waals surface area contributed by atoms with Gasteiger partial charge < -0.3 is 0 Å². The second-order valence-corrected chi connectivity index (χ2v) is 3.31. The number of rotatable bonds is 3. The van der Waals surface area contributed by atoms with Crippen LogP contribution in [0.25, 0.3) is 0 Å². The number of hydrogen-bond acceptors (Lipinski definition) is 3. The highest BCUT2D eigenvalue weighted by molar-refractivity contribution is 5.52. The molecule has 0 aliphatic rings. The lowest BCUT2D eigenvalue weighted by atomic mass is 10.0. The predicted octanol–water partition coefficient (Wildman–Crippen LogP) is 2.25. The zero-order valence-corrected chi connectivity index (χ0v) is 7.82. The average Bonchev–Trinajstić information content (AvgIpc) is 2.08. The van der Waals surface area contributed by atoms with Crippen molar-refractivity contribution in [3.63, 3.8) is 0 Å². The Balaban J connectivity index is 2.97. The summed E-state index contributed by atoms with van der Waals surface area (Å²) in [5, 5.41) is 0. The number of aromatic nitrogens is 1. The van der Waals surface area contributed by atoms with Crippen molar-refractivity contribution in [1.29, 1.82) is 0 Å². The summed E-state index contributed by atoms with van der Waals surface area (Å²) in [6.45, 7) is 4.24. The van der Waals surface area contributed by atoms with Gasteiger partial charge in [-0.25, -0.2) is 4.79 Å². The van der Waals surface area contributed by atoms with Crippen LogP contribution in [0.3, 0.4) is 0 Å². The zero-order chi connectivity index (χ0) is 9.68. The zero-order valence-electron chi connectivity index (χ0n) is 7.82. The number of isocyanates is 1. The van der Waals surface area contributed by atoms with Crippen molar-refractivity contribution in [2.24, 2.45) is 10.9 Å². The number of aliphatic imine (C=N–C) groups is 1. The van der Waals surface area contributed by atoms with Crippen molar-refractivity contribution in [1.82, 2.24) is 4.98 Å². The fourth-order valence-corrected chi connectivity index (χ4v) is 1.18. The number of nitrogens with zero attached hydrogens (tertiary/aromatic N) is 2. The van der Waals surface area contributed by atoms with Gasteiger partial charge in [-0.05, 0) is 24.0 Å². The van der Waals surface area contributed by atoms with Gasteiger partial charge in [0.15, 0.2) is 0 Å². The molecule has 0 aliphatic heterocycles. The molecule has 3 nitrogen and oxygen atoms in total. The lowest BCUT2D eigenvalue weighted by molar-refractivity contribution is 0.565. The molecular weight excluding hydrogens is 164 g/mol. The Kier molecular flexibility index (Phi) is 3.35. The van der Waals surface area contributed by atoms with Crippen LogP contribution < -0.4 is 0 Å². The van der Waals surface area contributed by atoms with Gasteiger partial charge in [-0.15, -0.1) is 0 Å². The van der Waals surface area contributed by atoms with Gasteiger partial charge in [0.1, 0.15) is 0 Å². The molecule has 0 amide bonds. The van der Waals surface area contributed by atoms with Gasteiger partial charge in [-0.1, -0.05) is 13.8 Å². The van der Waals surface area contributed by atoms with E-state index in [1.807, 2.05) is 6.07 Å². The minimum atomic E-state index is 0.544. The summed E-state index contributed by atoms with van der Waals surface area (Å²) in [5.41, 5.74) is 1.68. The molecule has 0 unspecified atom stereocenters. The summed E-state index contributed by atoms with van der Waals surface area (Å²) in [5.74, 6) is 0.544. The third kappa shape index (κ3) is 2.80. The first-order chi connectivity index (χ1) is 6.24. The Labute approximate surface area is 77.5 Å². The van der Waals surface area contributed by atoms with E-state index in [9.17, 15) is 4.79 Å². The number of pyridine rings is 1. The Morgan fingerprint density at radius 3 is 3.00 bits per heavy atom. The van der Waals surface area contributed by atoms with Crippen LogP contribution in [0.15, 0.2) is 23.5 Å². The van der Waals surface area contributed by atoms with Crippen LogP contribution in [0.4, 0.5) is 5.69 Å². The summed E-state index contributed by atoms with van der Waals surface area (Å²) in [6.07, 6.45) is 5.73. The van der Waals surface area contributed by atoms with Crippen molar-refractivity contribution in [3.8, 4) is 0 Å². The lowest BCUT2D eigenvalue weighted by Crippen LogP contribution is -1.94. The first kappa shape index (κ1) is 9.62. The molecule has 0 N–H and O–H groups in total. The predicted molar refractivity (Wildman–Crippen MR) is 50.6 cm³/mol. The third-order valence-electron chi connectivity index (χ3n) is 1.68. The van der Waals surface area contributed by atoms with E-state index >= 15 is 0 Å². The highest BCUT2D eigenvalue weighted by atomic mass is 16.1. The van der Waals surface area contributed by atoms with Gasteiger partial charge in [0.2, 0.25) is 6.08 Å². The van der Waals surface area contributed by atoms with Crippen LogP contribution in [0.5, 0.6) is 0 Å². The Bertz CT molecular complexity index is 327. The molecule has 0 spiro atoms. The van der Waals surface area contributed by atoms with Gasteiger partial charge in [-0.3, -0.25) is 4.98 Å². The summed E-state index contributed by atoms with van der Waals surface area (Å²) in [6, 6.07) is 1.89. The molecule has 68 valence electrons. The number of hydrogen-bond donors (Lipinski definition) is 0. The fourth-order valence-electron chi connectivity index (χ4n) is 1.18. The largest absolute Gasteiger partial charge is 0.262 e. The second-order valence-electron chi connectivity index (χ2n) is 3.31. The van der Waals surface area contributed by atoms with Crippen LogP contribution in [-0.2, 0) is 11.2 Å². The van der Waals surface area contributed by atoms with E-state index < -0.39 is 0 Å². The third-order valence-corrected chi connectivity index (χ3v) is 1.68. The molecule has 0 aromatic carbocycles. The summed E-state index contributed by atoms with van der Waals surface area (Å²) < 4.78 is 0. The molecule has 13 heavy (non-hydrogen) atoms. The average molecular weight is 176 g/mol. The van der Waals surface area contributed by atoms with Crippen LogP contribution >= 0.6 is 0 Å². The van der Waals surface area contributed by atoms with Crippen LogP contribution in [-0.4, -0.2) is 11.1 Å². The normalized spacial score (nSPS) is 9.77. The van der Waals surface area contributed by atoms with E-state index in [2.05, 4.69) is 23.8 Å². The highest BCUT2D eigenvalue weighted by Gasteiger charge is 2.02. The first-order valence-corrected chi connectivity index (χ1v) is 4.24. The Morgan fingerprint density at radius 1 is 1.62 bits per heavy atom. The molecule has 0 radical (unpaired) electrons. The van der Waals surface area contributed by atoms with E-state index in [0.717, 1.165) is 12.0 Å². The maximum atomic E-state index is 10.1. The fraction of sp³-hybridized carbons (Fsp3) is 0.400. The van der Waals surface area contributed by atoms with Gasteiger partial charge in [0.05, 0.1) is 11.9 Å². The molecule has 1 aromatic heterocycles. The van der Waals surface area contributed by atoms with Gasteiger partial charge in [0.25, 0.3) is 0 Å². The topological polar surface area (TPSA) is 42.3 Å². The minimum Gasteiger partial charge on any atom is -0.262 e. The monoisotopic (exact) mass is 176 g/mol. The molecule has 0 saturated carbocycles. The molecule has 0 fully saturated rings. The Hall–Kier alpha value is -1.47. The molecule has 3 heteroatoms. The van der Waals surface area contributed by atoms with Crippen LogP contribution in [0, 0.1) is 5.92 Å². The minimum absolute atomic E-state index is 0.544. The van der Waals surface area contributed by atoms with Gasteiger partial charge in [0, 0.05) is 6.20 Å². The van der Waals surface area contributed by atoms with E-state index in [4.69, 9.17) is 0 Å². The van der Waals surface area contributed by atoms with Gasteiger partial charge >= 0.3 is 0 Å². The van der Waals surface area contributed by atoms with E-state index in [1.54, 1.807) is 12.4 Å². The second kappa shape index (κ2) is 4.53. The van der Waals surface area contributed by atoms with Crippen molar-refractivity contribution in [2.45, 2.75) is 20.3 Å². The van der Waals surface area contributed by atoms with Crippen LogP contribution in [0.2, 0.25) is 0 Å². The molecule has 0 bridgehead atoms. The van der Waals surface area contributed by atoms with Gasteiger partial charge in [-0.2, -0.15) is 4.99 Å². The summed E-state index contributed by atoms with van der Waals surface area (Å²) in [4.78, 5) is 17.6.